The number of para-hydroxylation sites is 1. The number of barbiturate groups is 1. The third kappa shape index (κ3) is 5.52. The molecule has 0 bridgehead atoms. The Kier molecular flexibility index (Phi) is 7.30. The van der Waals surface area contributed by atoms with E-state index in [1.807, 2.05) is 32.0 Å². The molecule has 3 aromatic carbocycles. The molecule has 2 N–H and O–H groups in total. The van der Waals surface area contributed by atoms with Crippen LogP contribution in [0, 0.1) is 13.8 Å². The number of rotatable bonds is 6. The highest BCUT2D eigenvalue weighted by Gasteiger charge is 2.36. The lowest BCUT2D eigenvalue weighted by Gasteiger charge is -2.26. The lowest BCUT2D eigenvalue weighted by atomic mass is 10.1. The Morgan fingerprint density at radius 2 is 1.78 bits per heavy atom. The van der Waals surface area contributed by atoms with Crippen molar-refractivity contribution < 1.29 is 23.9 Å². The van der Waals surface area contributed by atoms with E-state index in [9.17, 15) is 19.2 Å². The number of carbonyl (C=O) groups excluding carboxylic acids is 4. The number of amides is 5. The fourth-order valence-corrected chi connectivity index (χ4v) is 4.07. The van der Waals surface area contributed by atoms with E-state index >= 15 is 0 Å². The Balaban J connectivity index is 1.47. The van der Waals surface area contributed by atoms with Crippen LogP contribution in [0.5, 0.6) is 5.75 Å². The summed E-state index contributed by atoms with van der Waals surface area (Å²) in [6.07, 6.45) is 1.39. The standard InChI is InChI=1S/C27H22BrN3O5/c1-16-8-9-17(2)22(12-16)29-24(32)15-36-23-11-10-18(14-21(23)28)13-20-25(33)30-27(35)31(26(20)34)19-6-4-3-5-7-19/h3-14H,15H2,1-2H3,(H,29,32)(H,30,33,35)/b20-13-. The summed E-state index contributed by atoms with van der Waals surface area (Å²) in [5, 5.41) is 5.03. The molecule has 1 aliphatic heterocycles. The summed E-state index contributed by atoms with van der Waals surface area (Å²) >= 11 is 3.40. The molecule has 0 atom stereocenters. The highest BCUT2D eigenvalue weighted by Crippen LogP contribution is 2.28. The van der Waals surface area contributed by atoms with E-state index in [0.29, 0.717) is 21.5 Å². The fraction of sp³-hybridized carbons (Fsp3) is 0.111. The minimum absolute atomic E-state index is 0.188. The zero-order valence-electron chi connectivity index (χ0n) is 19.5. The van der Waals surface area contributed by atoms with Gasteiger partial charge in [0.15, 0.2) is 6.61 Å². The van der Waals surface area contributed by atoms with Crippen molar-refractivity contribution >= 4 is 57.1 Å². The normalized spacial score (nSPS) is 14.6. The maximum atomic E-state index is 13.0. The second-order valence-electron chi connectivity index (χ2n) is 8.14. The van der Waals surface area contributed by atoms with Gasteiger partial charge in [0.25, 0.3) is 17.7 Å². The quantitative estimate of drug-likeness (QED) is 0.342. The van der Waals surface area contributed by atoms with Crippen molar-refractivity contribution in [3.05, 3.63) is 93.5 Å². The predicted molar refractivity (Wildman–Crippen MR) is 140 cm³/mol. The lowest BCUT2D eigenvalue weighted by molar-refractivity contribution is -0.122. The Morgan fingerprint density at radius 1 is 1.03 bits per heavy atom. The summed E-state index contributed by atoms with van der Waals surface area (Å²) in [7, 11) is 0. The molecule has 36 heavy (non-hydrogen) atoms. The van der Waals surface area contributed by atoms with Crippen molar-refractivity contribution in [1.82, 2.24) is 5.32 Å². The number of carbonyl (C=O) groups is 4. The maximum Gasteiger partial charge on any atom is 0.335 e. The lowest BCUT2D eigenvalue weighted by Crippen LogP contribution is -2.54. The zero-order valence-corrected chi connectivity index (χ0v) is 21.1. The topological polar surface area (TPSA) is 105 Å². The van der Waals surface area contributed by atoms with Crippen LogP contribution in [0.15, 0.2) is 76.8 Å². The predicted octanol–water partition coefficient (Wildman–Crippen LogP) is 4.75. The molecule has 182 valence electrons. The van der Waals surface area contributed by atoms with Gasteiger partial charge >= 0.3 is 6.03 Å². The van der Waals surface area contributed by atoms with Crippen molar-refractivity contribution in [3.63, 3.8) is 0 Å². The van der Waals surface area contributed by atoms with Gasteiger partial charge in [0.2, 0.25) is 0 Å². The Morgan fingerprint density at radius 3 is 2.50 bits per heavy atom. The van der Waals surface area contributed by atoms with Gasteiger partial charge in [0.05, 0.1) is 10.2 Å². The van der Waals surface area contributed by atoms with E-state index in [1.54, 1.807) is 48.5 Å². The highest BCUT2D eigenvalue weighted by molar-refractivity contribution is 9.10. The summed E-state index contributed by atoms with van der Waals surface area (Å²) in [5.41, 5.74) is 3.39. The number of imide groups is 2. The van der Waals surface area contributed by atoms with Gasteiger partial charge in [0.1, 0.15) is 11.3 Å². The van der Waals surface area contributed by atoms with E-state index in [-0.39, 0.29) is 18.1 Å². The van der Waals surface area contributed by atoms with Crippen molar-refractivity contribution in [1.29, 1.82) is 0 Å². The summed E-state index contributed by atoms with van der Waals surface area (Å²) in [4.78, 5) is 50.9. The molecule has 0 aliphatic carbocycles. The molecular formula is C27H22BrN3O5. The SMILES string of the molecule is Cc1ccc(C)c(NC(=O)COc2ccc(/C=C3/C(=O)NC(=O)N(c4ccccc4)C3=O)cc2Br)c1. The molecular weight excluding hydrogens is 526 g/mol. The zero-order chi connectivity index (χ0) is 25.8. The number of hydrogen-bond acceptors (Lipinski definition) is 5. The van der Waals surface area contributed by atoms with Crippen LogP contribution in [0.1, 0.15) is 16.7 Å². The molecule has 1 saturated heterocycles. The number of hydrogen-bond donors (Lipinski definition) is 2. The largest absolute Gasteiger partial charge is 0.483 e. The molecule has 5 amide bonds. The molecule has 0 aromatic heterocycles. The molecule has 1 fully saturated rings. The van der Waals surface area contributed by atoms with Crippen LogP contribution in [-0.2, 0) is 14.4 Å². The third-order valence-electron chi connectivity index (χ3n) is 5.41. The van der Waals surface area contributed by atoms with E-state index < -0.39 is 17.8 Å². The minimum atomic E-state index is -0.808. The van der Waals surface area contributed by atoms with Gasteiger partial charge < -0.3 is 10.1 Å². The van der Waals surface area contributed by atoms with Crippen LogP contribution < -0.4 is 20.3 Å². The van der Waals surface area contributed by atoms with Crippen molar-refractivity contribution in [2.75, 3.05) is 16.8 Å². The molecule has 0 spiro atoms. The van der Waals surface area contributed by atoms with Crippen molar-refractivity contribution in [3.8, 4) is 5.75 Å². The number of nitrogens with one attached hydrogen (secondary N) is 2. The Labute approximate surface area is 216 Å². The van der Waals surface area contributed by atoms with Gasteiger partial charge in [-0.1, -0.05) is 36.4 Å². The summed E-state index contributed by atoms with van der Waals surface area (Å²) < 4.78 is 6.16. The summed E-state index contributed by atoms with van der Waals surface area (Å²) in [5.74, 6) is -1.41. The molecule has 1 aliphatic rings. The number of urea groups is 1. The van der Waals surface area contributed by atoms with Crippen LogP contribution in [0.4, 0.5) is 16.2 Å². The first-order chi connectivity index (χ1) is 17.2. The molecule has 8 nitrogen and oxygen atoms in total. The first-order valence-electron chi connectivity index (χ1n) is 11.0. The van der Waals surface area contributed by atoms with Crippen LogP contribution in [0.2, 0.25) is 0 Å². The molecule has 1 heterocycles. The monoisotopic (exact) mass is 547 g/mol. The first-order valence-corrected chi connectivity index (χ1v) is 11.8. The molecule has 0 radical (unpaired) electrons. The van der Waals surface area contributed by atoms with E-state index in [1.165, 1.54) is 6.08 Å². The van der Waals surface area contributed by atoms with Gasteiger partial charge in [-0.3, -0.25) is 19.7 Å². The first kappa shape index (κ1) is 24.9. The second kappa shape index (κ2) is 10.6. The van der Waals surface area contributed by atoms with Crippen LogP contribution >= 0.6 is 15.9 Å². The van der Waals surface area contributed by atoms with Gasteiger partial charge in [-0.05, 0) is 82.9 Å². The van der Waals surface area contributed by atoms with Gasteiger partial charge in [-0.25, -0.2) is 9.69 Å². The molecule has 0 unspecified atom stereocenters. The number of halogens is 1. The Bertz CT molecular complexity index is 1400. The molecule has 9 heteroatoms. The number of anilines is 2. The average molecular weight is 548 g/mol. The van der Waals surface area contributed by atoms with E-state index in [2.05, 4.69) is 26.6 Å². The maximum absolute atomic E-state index is 13.0. The second-order valence-corrected chi connectivity index (χ2v) is 8.99. The summed E-state index contributed by atoms with van der Waals surface area (Å²) in [6.45, 7) is 3.65. The number of benzene rings is 3. The number of ether oxygens (including phenoxy) is 1. The molecule has 0 saturated carbocycles. The fourth-order valence-electron chi connectivity index (χ4n) is 3.56. The number of nitrogens with zero attached hydrogens (tertiary/aromatic N) is 1. The van der Waals surface area contributed by atoms with E-state index in [0.717, 1.165) is 21.7 Å². The van der Waals surface area contributed by atoms with E-state index in [4.69, 9.17) is 4.74 Å². The third-order valence-corrected chi connectivity index (χ3v) is 6.03. The van der Waals surface area contributed by atoms with Crippen molar-refractivity contribution in [2.24, 2.45) is 0 Å². The highest BCUT2D eigenvalue weighted by atomic mass is 79.9. The van der Waals surface area contributed by atoms with Crippen LogP contribution in [0.25, 0.3) is 6.08 Å². The van der Waals surface area contributed by atoms with Gasteiger partial charge in [-0.2, -0.15) is 0 Å². The molecule has 4 rings (SSSR count). The van der Waals surface area contributed by atoms with Crippen molar-refractivity contribution in [2.45, 2.75) is 13.8 Å². The van der Waals surface area contributed by atoms with Gasteiger partial charge in [-0.15, -0.1) is 0 Å². The van der Waals surface area contributed by atoms with Crippen LogP contribution in [0.3, 0.4) is 0 Å². The Hall–Kier alpha value is -4.24. The average Bonchev–Trinajstić information content (AvgIpc) is 2.84. The number of aryl methyl sites for hydroxylation is 2. The molecule has 3 aromatic rings. The van der Waals surface area contributed by atoms with Gasteiger partial charge in [0, 0.05) is 5.69 Å². The smallest absolute Gasteiger partial charge is 0.335 e. The van der Waals surface area contributed by atoms with Crippen LogP contribution in [-0.4, -0.2) is 30.4 Å². The summed E-state index contributed by atoms with van der Waals surface area (Å²) in [6, 6.07) is 18.2. The minimum Gasteiger partial charge on any atom is -0.483 e.